The second-order valence-corrected chi connectivity index (χ2v) is 3.49. The number of nitrogens with one attached hydrogen (secondary N) is 1. The zero-order chi connectivity index (χ0) is 9.52. The minimum Gasteiger partial charge on any atom is -0.379 e. The quantitative estimate of drug-likeness (QED) is 0.701. The maximum atomic E-state index is 5.84. The summed E-state index contributed by atoms with van der Waals surface area (Å²) < 4.78 is 11.2. The van der Waals surface area contributed by atoms with Gasteiger partial charge in [0.1, 0.15) is 0 Å². The third-order valence-electron chi connectivity index (χ3n) is 2.25. The molecule has 1 aliphatic rings. The molecule has 0 radical (unpaired) electrons. The molecule has 0 aromatic heterocycles. The van der Waals surface area contributed by atoms with Gasteiger partial charge in [0, 0.05) is 19.7 Å². The van der Waals surface area contributed by atoms with Crippen LogP contribution in [-0.2, 0) is 9.47 Å². The highest BCUT2D eigenvalue weighted by atomic mass is 16.5. The largest absolute Gasteiger partial charge is 0.379 e. The van der Waals surface area contributed by atoms with Crippen molar-refractivity contribution in [2.75, 3.05) is 26.3 Å². The number of rotatable bonds is 5. The fraction of sp³-hybridized carbons (Fsp3) is 1.00. The summed E-state index contributed by atoms with van der Waals surface area (Å²) in [6.07, 6.45) is 2.98. The molecule has 13 heavy (non-hydrogen) atoms. The van der Waals surface area contributed by atoms with E-state index in [0.717, 1.165) is 32.7 Å². The van der Waals surface area contributed by atoms with Crippen molar-refractivity contribution in [3.63, 3.8) is 0 Å². The van der Waals surface area contributed by atoms with Crippen molar-refractivity contribution in [1.29, 1.82) is 0 Å². The van der Waals surface area contributed by atoms with Gasteiger partial charge < -0.3 is 14.8 Å². The van der Waals surface area contributed by atoms with E-state index in [2.05, 4.69) is 12.2 Å². The minimum absolute atomic E-state index is 0.255. The second kappa shape index (κ2) is 6.35. The molecule has 0 spiro atoms. The molecule has 0 bridgehead atoms. The maximum absolute atomic E-state index is 5.84. The summed E-state index contributed by atoms with van der Waals surface area (Å²) in [6.45, 7) is 7.63. The molecule has 1 N–H and O–H groups in total. The van der Waals surface area contributed by atoms with Gasteiger partial charge in [-0.25, -0.2) is 0 Å². The zero-order valence-corrected chi connectivity index (χ0v) is 8.71. The van der Waals surface area contributed by atoms with Crippen molar-refractivity contribution < 1.29 is 9.47 Å². The van der Waals surface area contributed by atoms with E-state index in [0.29, 0.717) is 6.10 Å². The van der Waals surface area contributed by atoms with E-state index in [1.54, 1.807) is 0 Å². The Balaban J connectivity index is 2.16. The van der Waals surface area contributed by atoms with E-state index in [9.17, 15) is 0 Å². The molecule has 1 heterocycles. The molecule has 1 rings (SSSR count). The van der Waals surface area contributed by atoms with Crippen LogP contribution in [0, 0.1) is 0 Å². The van der Waals surface area contributed by atoms with Gasteiger partial charge in [0.25, 0.3) is 0 Å². The fourth-order valence-corrected chi connectivity index (χ4v) is 1.61. The molecule has 0 aromatic rings. The van der Waals surface area contributed by atoms with Crippen molar-refractivity contribution in [3.05, 3.63) is 0 Å². The van der Waals surface area contributed by atoms with E-state index < -0.39 is 0 Å². The summed E-state index contributed by atoms with van der Waals surface area (Å²) in [4.78, 5) is 0. The average Bonchev–Trinajstić information content (AvgIpc) is 2.16. The van der Waals surface area contributed by atoms with Crippen molar-refractivity contribution in [3.8, 4) is 0 Å². The van der Waals surface area contributed by atoms with Gasteiger partial charge in [-0.1, -0.05) is 13.3 Å². The second-order valence-electron chi connectivity index (χ2n) is 3.49. The minimum atomic E-state index is 0.255. The molecule has 0 aromatic carbocycles. The Bertz CT molecular complexity index is 128. The van der Waals surface area contributed by atoms with Crippen LogP contribution in [0.4, 0.5) is 0 Å². The zero-order valence-electron chi connectivity index (χ0n) is 8.71. The summed E-state index contributed by atoms with van der Waals surface area (Å²) in [5, 5.41) is 3.37. The van der Waals surface area contributed by atoms with Crippen LogP contribution in [0.15, 0.2) is 0 Å². The topological polar surface area (TPSA) is 30.5 Å². The molecule has 0 aliphatic carbocycles. The lowest BCUT2D eigenvalue weighted by Gasteiger charge is -2.30. The molecule has 0 amide bonds. The first-order chi connectivity index (χ1) is 6.36. The van der Waals surface area contributed by atoms with Crippen LogP contribution in [0.3, 0.4) is 0 Å². The maximum Gasteiger partial charge on any atom is 0.0936 e. The van der Waals surface area contributed by atoms with Gasteiger partial charge in [0.15, 0.2) is 0 Å². The predicted molar refractivity (Wildman–Crippen MR) is 52.9 cm³/mol. The summed E-state index contributed by atoms with van der Waals surface area (Å²) >= 11 is 0. The third-order valence-corrected chi connectivity index (χ3v) is 2.25. The Morgan fingerprint density at radius 2 is 2.08 bits per heavy atom. The van der Waals surface area contributed by atoms with Crippen LogP contribution in [0.25, 0.3) is 0 Å². The first kappa shape index (κ1) is 11.0. The average molecular weight is 187 g/mol. The summed E-state index contributed by atoms with van der Waals surface area (Å²) in [5.41, 5.74) is 0. The van der Waals surface area contributed by atoms with Gasteiger partial charge in [-0.15, -0.1) is 0 Å². The third kappa shape index (κ3) is 4.07. The van der Waals surface area contributed by atoms with Crippen molar-refractivity contribution in [2.45, 2.75) is 38.9 Å². The molecule has 1 fully saturated rings. The number of ether oxygens (including phenoxy) is 2. The summed E-state index contributed by atoms with van der Waals surface area (Å²) in [7, 11) is 0. The molecule has 78 valence electrons. The Hall–Kier alpha value is -0.120. The van der Waals surface area contributed by atoms with Crippen molar-refractivity contribution in [2.24, 2.45) is 0 Å². The lowest BCUT2D eigenvalue weighted by molar-refractivity contribution is -0.0765. The SMILES string of the molecule is CCCC1CNCC(COCC)O1. The van der Waals surface area contributed by atoms with Gasteiger partial charge >= 0.3 is 0 Å². The number of morpholine rings is 1. The highest BCUT2D eigenvalue weighted by molar-refractivity contribution is 4.73. The van der Waals surface area contributed by atoms with Crippen LogP contribution < -0.4 is 5.32 Å². The van der Waals surface area contributed by atoms with Gasteiger partial charge in [0.2, 0.25) is 0 Å². The number of hydrogen-bond acceptors (Lipinski definition) is 3. The van der Waals surface area contributed by atoms with E-state index in [4.69, 9.17) is 9.47 Å². The van der Waals surface area contributed by atoms with Crippen molar-refractivity contribution in [1.82, 2.24) is 5.32 Å². The summed E-state index contributed by atoms with van der Waals surface area (Å²) in [6, 6.07) is 0. The Kier molecular flexibility index (Phi) is 5.35. The highest BCUT2D eigenvalue weighted by Gasteiger charge is 2.20. The Morgan fingerprint density at radius 3 is 2.77 bits per heavy atom. The van der Waals surface area contributed by atoms with Crippen molar-refractivity contribution >= 4 is 0 Å². The molecule has 2 atom stereocenters. The highest BCUT2D eigenvalue weighted by Crippen LogP contribution is 2.09. The number of hydrogen-bond donors (Lipinski definition) is 1. The molecule has 3 heteroatoms. The van der Waals surface area contributed by atoms with Crippen LogP contribution in [0.2, 0.25) is 0 Å². The van der Waals surface area contributed by atoms with Crippen LogP contribution in [0.5, 0.6) is 0 Å². The lowest BCUT2D eigenvalue weighted by atomic mass is 10.1. The van der Waals surface area contributed by atoms with Crippen LogP contribution >= 0.6 is 0 Å². The molecular formula is C10H21NO2. The molecule has 0 saturated carbocycles. The molecule has 3 nitrogen and oxygen atoms in total. The van der Waals surface area contributed by atoms with E-state index >= 15 is 0 Å². The Labute approximate surface area is 80.8 Å². The normalized spacial score (nSPS) is 29.1. The van der Waals surface area contributed by atoms with E-state index in [1.165, 1.54) is 6.42 Å². The molecule has 1 aliphatic heterocycles. The van der Waals surface area contributed by atoms with Gasteiger partial charge in [-0.05, 0) is 13.3 Å². The van der Waals surface area contributed by atoms with Crippen LogP contribution in [-0.4, -0.2) is 38.5 Å². The fourth-order valence-electron chi connectivity index (χ4n) is 1.61. The standard InChI is InChI=1S/C10H21NO2/c1-3-5-9-6-11-7-10(13-9)8-12-4-2/h9-11H,3-8H2,1-2H3. The van der Waals surface area contributed by atoms with E-state index in [1.807, 2.05) is 6.92 Å². The molecular weight excluding hydrogens is 166 g/mol. The summed E-state index contributed by atoms with van der Waals surface area (Å²) in [5.74, 6) is 0. The monoisotopic (exact) mass is 187 g/mol. The lowest BCUT2D eigenvalue weighted by Crippen LogP contribution is -2.46. The molecule has 2 unspecified atom stereocenters. The van der Waals surface area contributed by atoms with E-state index in [-0.39, 0.29) is 6.10 Å². The van der Waals surface area contributed by atoms with Crippen LogP contribution in [0.1, 0.15) is 26.7 Å². The first-order valence-electron chi connectivity index (χ1n) is 5.30. The smallest absolute Gasteiger partial charge is 0.0936 e. The Morgan fingerprint density at radius 1 is 1.31 bits per heavy atom. The molecule has 1 saturated heterocycles. The van der Waals surface area contributed by atoms with Gasteiger partial charge in [0.05, 0.1) is 18.8 Å². The predicted octanol–water partition coefficient (Wildman–Crippen LogP) is 1.18. The first-order valence-corrected chi connectivity index (χ1v) is 5.30. The van der Waals surface area contributed by atoms with Gasteiger partial charge in [-0.3, -0.25) is 0 Å². The van der Waals surface area contributed by atoms with Gasteiger partial charge in [-0.2, -0.15) is 0 Å².